The summed E-state index contributed by atoms with van der Waals surface area (Å²) in [7, 11) is 0. The van der Waals surface area contributed by atoms with E-state index >= 15 is 0 Å². The number of nitrogens with one attached hydrogen (secondary N) is 1. The third-order valence-electron chi connectivity index (χ3n) is 3.25. The van der Waals surface area contributed by atoms with Crippen LogP contribution in [0.4, 0.5) is 0 Å². The van der Waals surface area contributed by atoms with Gasteiger partial charge in [0.15, 0.2) is 0 Å². The van der Waals surface area contributed by atoms with Crippen LogP contribution in [-0.2, 0) is 9.59 Å². The molecule has 0 fully saturated rings. The largest absolute Gasteiger partial charge is 0.480 e. The third kappa shape index (κ3) is 2.92. The zero-order chi connectivity index (χ0) is 14.0. The van der Waals surface area contributed by atoms with E-state index in [0.717, 1.165) is 10.5 Å². The molecule has 0 bridgehead atoms. The summed E-state index contributed by atoms with van der Waals surface area (Å²) in [4.78, 5) is 24.5. The van der Waals surface area contributed by atoms with Crippen LogP contribution in [0, 0.1) is 5.92 Å². The highest BCUT2D eigenvalue weighted by Crippen LogP contribution is 2.39. The highest BCUT2D eigenvalue weighted by Gasteiger charge is 2.32. The molecule has 0 spiro atoms. The SMILES string of the molecule is CC(C)[C@@H](NC(=O)C1CSc2ccccc21)C(=O)O. The molecule has 0 aliphatic carbocycles. The van der Waals surface area contributed by atoms with Crippen molar-refractivity contribution in [3.63, 3.8) is 0 Å². The van der Waals surface area contributed by atoms with Gasteiger partial charge in [-0.1, -0.05) is 32.0 Å². The van der Waals surface area contributed by atoms with Gasteiger partial charge in [-0.3, -0.25) is 4.79 Å². The number of carboxylic acids is 1. The second-order valence-electron chi connectivity index (χ2n) is 4.97. The number of thioether (sulfide) groups is 1. The number of hydrogen-bond acceptors (Lipinski definition) is 3. The van der Waals surface area contributed by atoms with Crippen LogP contribution in [0.1, 0.15) is 25.3 Å². The lowest BCUT2D eigenvalue weighted by Crippen LogP contribution is -2.46. The Bertz CT molecular complexity index is 501. The van der Waals surface area contributed by atoms with Crippen LogP contribution < -0.4 is 5.32 Å². The molecule has 1 aliphatic rings. The van der Waals surface area contributed by atoms with Crippen molar-refractivity contribution in [1.82, 2.24) is 5.32 Å². The summed E-state index contributed by atoms with van der Waals surface area (Å²) in [5.41, 5.74) is 0.998. The van der Waals surface area contributed by atoms with Gasteiger partial charge in [0.25, 0.3) is 0 Å². The minimum absolute atomic E-state index is 0.134. The first-order valence-electron chi connectivity index (χ1n) is 6.25. The second kappa shape index (κ2) is 5.65. The van der Waals surface area contributed by atoms with Crippen LogP contribution in [0.3, 0.4) is 0 Å². The van der Waals surface area contributed by atoms with Crippen LogP contribution in [0.15, 0.2) is 29.2 Å². The molecule has 2 rings (SSSR count). The molecule has 1 aliphatic heterocycles. The molecular formula is C14H17NO3S. The van der Waals surface area contributed by atoms with Crippen molar-refractivity contribution < 1.29 is 14.7 Å². The molecular weight excluding hydrogens is 262 g/mol. The normalized spacial score (nSPS) is 19.0. The Kier molecular flexibility index (Phi) is 4.14. The Morgan fingerprint density at radius 3 is 2.68 bits per heavy atom. The highest BCUT2D eigenvalue weighted by molar-refractivity contribution is 7.99. The van der Waals surface area contributed by atoms with Gasteiger partial charge >= 0.3 is 5.97 Å². The minimum atomic E-state index is -0.984. The van der Waals surface area contributed by atoms with Crippen molar-refractivity contribution in [2.75, 3.05) is 5.75 Å². The molecule has 4 nitrogen and oxygen atoms in total. The van der Waals surface area contributed by atoms with Crippen molar-refractivity contribution in [3.8, 4) is 0 Å². The Hall–Kier alpha value is -1.49. The fraction of sp³-hybridized carbons (Fsp3) is 0.429. The number of amides is 1. The van der Waals surface area contributed by atoms with E-state index in [1.165, 1.54) is 0 Å². The van der Waals surface area contributed by atoms with Gasteiger partial charge in [0.1, 0.15) is 6.04 Å². The molecule has 2 N–H and O–H groups in total. The molecule has 0 saturated carbocycles. The van der Waals surface area contributed by atoms with E-state index in [0.29, 0.717) is 5.75 Å². The number of benzene rings is 1. The molecule has 2 atom stereocenters. The average Bonchev–Trinajstić information content (AvgIpc) is 2.78. The maximum atomic E-state index is 12.2. The molecule has 1 unspecified atom stereocenters. The maximum absolute atomic E-state index is 12.2. The van der Waals surface area contributed by atoms with E-state index < -0.39 is 12.0 Å². The monoisotopic (exact) mass is 279 g/mol. The van der Waals surface area contributed by atoms with E-state index in [1.54, 1.807) is 25.6 Å². The van der Waals surface area contributed by atoms with E-state index in [-0.39, 0.29) is 17.7 Å². The molecule has 1 aromatic carbocycles. The summed E-state index contributed by atoms with van der Waals surface area (Å²) in [6, 6.07) is 6.95. The Morgan fingerprint density at radius 2 is 2.05 bits per heavy atom. The van der Waals surface area contributed by atoms with Gasteiger partial charge in [0.05, 0.1) is 5.92 Å². The van der Waals surface area contributed by atoms with Crippen LogP contribution in [0.5, 0.6) is 0 Å². The standard InChI is InChI=1S/C14H17NO3S/c1-8(2)12(14(17)18)15-13(16)10-7-19-11-6-4-3-5-9(10)11/h3-6,8,10,12H,7H2,1-2H3,(H,15,16)(H,17,18)/t10?,12-/m1/s1. The van der Waals surface area contributed by atoms with Crippen molar-refractivity contribution in [2.45, 2.75) is 30.7 Å². The summed E-state index contributed by atoms with van der Waals surface area (Å²) in [5.74, 6) is -0.885. The van der Waals surface area contributed by atoms with Crippen LogP contribution in [0.2, 0.25) is 0 Å². The van der Waals surface area contributed by atoms with Crippen LogP contribution >= 0.6 is 11.8 Å². The lowest BCUT2D eigenvalue weighted by atomic mass is 9.98. The number of carboxylic acid groups (broad SMARTS) is 1. The number of rotatable bonds is 4. The van der Waals surface area contributed by atoms with E-state index in [2.05, 4.69) is 5.32 Å². The first kappa shape index (κ1) is 13.9. The van der Waals surface area contributed by atoms with Crippen molar-refractivity contribution in [2.24, 2.45) is 5.92 Å². The fourth-order valence-electron chi connectivity index (χ4n) is 2.15. The lowest BCUT2D eigenvalue weighted by Gasteiger charge is -2.20. The molecule has 1 aromatic rings. The Balaban J connectivity index is 2.12. The van der Waals surface area contributed by atoms with Crippen molar-refractivity contribution >= 4 is 23.6 Å². The molecule has 1 heterocycles. The van der Waals surface area contributed by atoms with Gasteiger partial charge < -0.3 is 10.4 Å². The quantitative estimate of drug-likeness (QED) is 0.886. The summed E-state index contributed by atoms with van der Waals surface area (Å²) < 4.78 is 0. The second-order valence-corrected chi connectivity index (χ2v) is 6.03. The van der Waals surface area contributed by atoms with E-state index in [1.807, 2.05) is 24.3 Å². The van der Waals surface area contributed by atoms with E-state index in [9.17, 15) is 9.59 Å². The van der Waals surface area contributed by atoms with Gasteiger partial charge in [0, 0.05) is 10.6 Å². The zero-order valence-electron chi connectivity index (χ0n) is 10.9. The molecule has 5 heteroatoms. The number of fused-ring (bicyclic) bond motifs is 1. The Morgan fingerprint density at radius 1 is 1.37 bits per heavy atom. The average molecular weight is 279 g/mol. The zero-order valence-corrected chi connectivity index (χ0v) is 11.7. The van der Waals surface area contributed by atoms with Crippen molar-refractivity contribution in [3.05, 3.63) is 29.8 Å². The maximum Gasteiger partial charge on any atom is 0.326 e. The first-order valence-corrected chi connectivity index (χ1v) is 7.24. The van der Waals surface area contributed by atoms with Crippen LogP contribution in [-0.4, -0.2) is 28.8 Å². The van der Waals surface area contributed by atoms with Crippen LogP contribution in [0.25, 0.3) is 0 Å². The summed E-state index contributed by atoms with van der Waals surface area (Å²) in [5, 5.41) is 11.8. The number of aliphatic carboxylic acids is 1. The summed E-state index contributed by atoms with van der Waals surface area (Å²) >= 11 is 1.64. The van der Waals surface area contributed by atoms with Gasteiger partial charge in [0.2, 0.25) is 5.91 Å². The van der Waals surface area contributed by atoms with Gasteiger partial charge in [-0.25, -0.2) is 4.79 Å². The first-order chi connectivity index (χ1) is 9.00. The molecule has 0 saturated heterocycles. The minimum Gasteiger partial charge on any atom is -0.480 e. The molecule has 0 radical (unpaired) electrons. The van der Waals surface area contributed by atoms with Gasteiger partial charge in [-0.15, -0.1) is 11.8 Å². The summed E-state index contributed by atoms with van der Waals surface area (Å²) in [6.07, 6.45) is 0. The molecule has 19 heavy (non-hydrogen) atoms. The fourth-order valence-corrected chi connectivity index (χ4v) is 3.38. The van der Waals surface area contributed by atoms with Gasteiger partial charge in [-0.05, 0) is 17.5 Å². The highest BCUT2D eigenvalue weighted by atomic mass is 32.2. The molecule has 1 amide bonds. The molecule has 102 valence electrons. The smallest absolute Gasteiger partial charge is 0.326 e. The number of carbonyl (C=O) groups is 2. The lowest BCUT2D eigenvalue weighted by molar-refractivity contribution is -0.143. The predicted octanol–water partition coefficient (Wildman–Crippen LogP) is 2.10. The predicted molar refractivity (Wildman–Crippen MR) is 74.3 cm³/mol. The van der Waals surface area contributed by atoms with E-state index in [4.69, 9.17) is 5.11 Å². The number of carbonyl (C=O) groups excluding carboxylic acids is 1. The topological polar surface area (TPSA) is 66.4 Å². The molecule has 0 aromatic heterocycles. The van der Waals surface area contributed by atoms with Gasteiger partial charge in [-0.2, -0.15) is 0 Å². The Labute approximate surface area is 116 Å². The van der Waals surface area contributed by atoms with Crippen molar-refractivity contribution in [1.29, 1.82) is 0 Å². The third-order valence-corrected chi connectivity index (χ3v) is 4.43. The summed E-state index contributed by atoms with van der Waals surface area (Å²) in [6.45, 7) is 3.58. The number of hydrogen-bond donors (Lipinski definition) is 2.